The molecule has 7 nitrogen and oxygen atoms in total. The van der Waals surface area contributed by atoms with E-state index in [1.807, 2.05) is 30.6 Å². The monoisotopic (exact) mass is 373 g/mol. The van der Waals surface area contributed by atoms with E-state index < -0.39 is 5.60 Å². The molecule has 2 bridgehead atoms. The van der Waals surface area contributed by atoms with E-state index in [1.165, 1.54) is 0 Å². The summed E-state index contributed by atoms with van der Waals surface area (Å²) < 4.78 is 10.6. The number of amides is 2. The van der Waals surface area contributed by atoms with Crippen LogP contribution in [-0.4, -0.2) is 64.7 Å². The maximum absolute atomic E-state index is 13.1. The lowest BCUT2D eigenvalue weighted by Crippen LogP contribution is -2.42. The Morgan fingerprint density at radius 3 is 2.22 bits per heavy atom. The van der Waals surface area contributed by atoms with Gasteiger partial charge in [-0.2, -0.15) is 0 Å². The summed E-state index contributed by atoms with van der Waals surface area (Å²) in [4.78, 5) is 33.5. The highest BCUT2D eigenvalue weighted by molar-refractivity contribution is 5.95. The first kappa shape index (κ1) is 18.1. The number of pyridine rings is 1. The lowest BCUT2D eigenvalue weighted by atomic mass is 9.82. The minimum Gasteiger partial charge on any atom is -0.481 e. The number of hydrogen-bond donors (Lipinski definition) is 0. The smallest absolute Gasteiger partial charge is 0.410 e. The van der Waals surface area contributed by atoms with Gasteiger partial charge in [-0.15, -0.1) is 0 Å². The third-order valence-electron chi connectivity index (χ3n) is 5.95. The number of likely N-dealkylation sites (tertiary alicyclic amines) is 1. The Balaban J connectivity index is 1.47. The van der Waals surface area contributed by atoms with Gasteiger partial charge in [0, 0.05) is 49.3 Å². The molecule has 27 heavy (non-hydrogen) atoms. The highest BCUT2D eigenvalue weighted by Crippen LogP contribution is 2.50. The van der Waals surface area contributed by atoms with Gasteiger partial charge in [0.2, 0.25) is 5.88 Å². The Morgan fingerprint density at radius 2 is 1.74 bits per heavy atom. The molecule has 7 heteroatoms. The van der Waals surface area contributed by atoms with Crippen LogP contribution in [-0.2, 0) is 4.74 Å². The Kier molecular flexibility index (Phi) is 4.28. The van der Waals surface area contributed by atoms with Crippen LogP contribution in [0.4, 0.5) is 4.79 Å². The topological polar surface area (TPSA) is 72.0 Å². The molecule has 0 unspecified atom stereocenters. The van der Waals surface area contributed by atoms with E-state index in [0.29, 0.717) is 36.4 Å². The van der Waals surface area contributed by atoms with E-state index in [4.69, 9.17) is 9.47 Å². The van der Waals surface area contributed by atoms with Gasteiger partial charge in [-0.1, -0.05) is 0 Å². The maximum atomic E-state index is 13.1. The Hall–Kier alpha value is -2.31. The van der Waals surface area contributed by atoms with Crippen molar-refractivity contribution < 1.29 is 19.1 Å². The average molecular weight is 373 g/mol. The Morgan fingerprint density at radius 1 is 1.11 bits per heavy atom. The molecule has 0 spiro atoms. The number of nitrogens with zero attached hydrogens (tertiary/aromatic N) is 3. The predicted molar refractivity (Wildman–Crippen MR) is 98.6 cm³/mol. The van der Waals surface area contributed by atoms with E-state index in [1.54, 1.807) is 25.4 Å². The summed E-state index contributed by atoms with van der Waals surface area (Å²) in [6, 6.07) is 3.88. The summed E-state index contributed by atoms with van der Waals surface area (Å²) >= 11 is 0. The molecule has 0 aromatic carbocycles. The number of ether oxygens (including phenoxy) is 2. The molecule has 4 rings (SSSR count). The molecule has 0 aliphatic carbocycles. The molecule has 0 saturated carbocycles. The maximum Gasteiger partial charge on any atom is 0.410 e. The number of hydrogen-bond acceptors (Lipinski definition) is 5. The molecular weight excluding hydrogens is 346 g/mol. The number of carbonyl (C=O) groups is 2. The molecular formula is C20H27N3O4. The molecule has 0 N–H and O–H groups in total. The summed E-state index contributed by atoms with van der Waals surface area (Å²) in [7, 11) is 1.56. The Bertz CT molecular complexity index is 723. The van der Waals surface area contributed by atoms with Gasteiger partial charge in [-0.25, -0.2) is 9.78 Å². The third-order valence-corrected chi connectivity index (χ3v) is 5.95. The van der Waals surface area contributed by atoms with Crippen molar-refractivity contribution in [1.29, 1.82) is 0 Å². The van der Waals surface area contributed by atoms with Crippen LogP contribution in [0.25, 0.3) is 0 Å². The summed E-state index contributed by atoms with van der Waals surface area (Å²) in [5, 5.41) is 0. The standard InChI is InChI=1S/C20H27N3O4/c1-20(2,3)27-19(25)22-10-13-14(11-22)16-7-6-15(13)23(16)18(24)12-5-8-17(26-4)21-9-12/h5,8-9,13-16H,6-7,10-11H2,1-4H3/t13-,14+,15-,16+. The van der Waals surface area contributed by atoms with Crippen molar-refractivity contribution >= 4 is 12.0 Å². The van der Waals surface area contributed by atoms with Crippen LogP contribution in [0.15, 0.2) is 18.3 Å². The van der Waals surface area contributed by atoms with Gasteiger partial charge in [0.05, 0.1) is 12.7 Å². The van der Waals surface area contributed by atoms with Gasteiger partial charge in [0.1, 0.15) is 5.60 Å². The van der Waals surface area contributed by atoms with Crippen molar-refractivity contribution in [2.75, 3.05) is 20.2 Å². The number of carbonyl (C=O) groups excluding carboxylic acids is 2. The molecule has 3 aliphatic rings. The SMILES string of the molecule is COc1ccc(C(=O)N2[C@@H]3CC[C@H]2[C@H]2CN(C(=O)OC(C)(C)C)C[C@H]23)cn1. The van der Waals surface area contributed by atoms with E-state index >= 15 is 0 Å². The van der Waals surface area contributed by atoms with Crippen LogP contribution >= 0.6 is 0 Å². The number of rotatable bonds is 2. The second kappa shape index (κ2) is 6.39. The van der Waals surface area contributed by atoms with Gasteiger partial charge < -0.3 is 19.3 Å². The first-order valence-corrected chi connectivity index (χ1v) is 9.59. The summed E-state index contributed by atoms with van der Waals surface area (Å²) in [6.45, 7) is 7.00. The molecule has 3 fully saturated rings. The molecule has 4 atom stereocenters. The van der Waals surface area contributed by atoms with Gasteiger partial charge in [0.25, 0.3) is 5.91 Å². The average Bonchev–Trinajstić information content (AvgIpc) is 3.30. The summed E-state index contributed by atoms with van der Waals surface area (Å²) in [6.07, 6.45) is 3.35. The zero-order valence-corrected chi connectivity index (χ0v) is 16.3. The minimum atomic E-state index is -0.489. The molecule has 1 aromatic heterocycles. The summed E-state index contributed by atoms with van der Waals surface area (Å²) in [5.74, 6) is 1.22. The second-order valence-electron chi connectivity index (χ2n) is 8.73. The van der Waals surface area contributed by atoms with Crippen LogP contribution < -0.4 is 4.74 Å². The van der Waals surface area contributed by atoms with Crippen molar-refractivity contribution in [3.8, 4) is 5.88 Å². The van der Waals surface area contributed by atoms with E-state index in [-0.39, 0.29) is 24.1 Å². The quantitative estimate of drug-likeness (QED) is 0.797. The van der Waals surface area contributed by atoms with Gasteiger partial charge in [0.15, 0.2) is 0 Å². The second-order valence-corrected chi connectivity index (χ2v) is 8.73. The van der Waals surface area contributed by atoms with E-state index in [0.717, 1.165) is 12.8 Å². The highest BCUT2D eigenvalue weighted by atomic mass is 16.6. The largest absolute Gasteiger partial charge is 0.481 e. The van der Waals surface area contributed by atoms with Crippen molar-refractivity contribution in [2.24, 2.45) is 11.8 Å². The zero-order valence-electron chi connectivity index (χ0n) is 16.3. The van der Waals surface area contributed by atoms with Crippen LogP contribution in [0.2, 0.25) is 0 Å². The lowest BCUT2D eigenvalue weighted by molar-refractivity contribution is 0.0266. The number of fused-ring (bicyclic) bond motifs is 5. The summed E-state index contributed by atoms with van der Waals surface area (Å²) in [5.41, 5.74) is 0.105. The number of methoxy groups -OCH3 is 1. The third kappa shape index (κ3) is 3.13. The first-order valence-electron chi connectivity index (χ1n) is 9.59. The normalized spacial score (nSPS) is 29.0. The van der Waals surface area contributed by atoms with Crippen LogP contribution in [0.5, 0.6) is 5.88 Å². The molecule has 3 aliphatic heterocycles. The Labute approximate surface area is 159 Å². The van der Waals surface area contributed by atoms with Gasteiger partial charge in [-0.05, 0) is 39.7 Å². The molecule has 1 aromatic rings. The van der Waals surface area contributed by atoms with Crippen molar-refractivity contribution in [2.45, 2.75) is 51.3 Å². The fourth-order valence-electron chi connectivity index (χ4n) is 4.93. The molecule has 4 heterocycles. The van der Waals surface area contributed by atoms with E-state index in [9.17, 15) is 9.59 Å². The molecule has 146 valence electrons. The first-order chi connectivity index (χ1) is 12.8. The zero-order chi connectivity index (χ0) is 19.3. The van der Waals surface area contributed by atoms with Crippen LogP contribution in [0, 0.1) is 11.8 Å². The lowest BCUT2D eigenvalue weighted by Gasteiger charge is -2.28. The predicted octanol–water partition coefficient (Wildman–Crippen LogP) is 2.56. The fraction of sp³-hybridized carbons (Fsp3) is 0.650. The van der Waals surface area contributed by atoms with Crippen LogP contribution in [0.1, 0.15) is 44.0 Å². The van der Waals surface area contributed by atoms with Crippen LogP contribution in [0.3, 0.4) is 0 Å². The number of aromatic nitrogens is 1. The fourth-order valence-corrected chi connectivity index (χ4v) is 4.93. The minimum absolute atomic E-state index is 0.0378. The van der Waals surface area contributed by atoms with Crippen molar-refractivity contribution in [3.05, 3.63) is 23.9 Å². The van der Waals surface area contributed by atoms with Crippen molar-refractivity contribution in [1.82, 2.24) is 14.8 Å². The molecule has 0 radical (unpaired) electrons. The van der Waals surface area contributed by atoms with Gasteiger partial charge in [-0.3, -0.25) is 4.79 Å². The molecule has 3 saturated heterocycles. The van der Waals surface area contributed by atoms with E-state index in [2.05, 4.69) is 4.98 Å². The molecule has 2 amide bonds. The highest BCUT2D eigenvalue weighted by Gasteiger charge is 2.58. The van der Waals surface area contributed by atoms with Gasteiger partial charge >= 0.3 is 6.09 Å². The van der Waals surface area contributed by atoms with Crippen molar-refractivity contribution in [3.63, 3.8) is 0 Å².